The fourth-order valence-electron chi connectivity index (χ4n) is 2.82. The molecular weight excluding hydrogens is 254 g/mol. The Kier molecular flexibility index (Phi) is 3.11. The van der Waals surface area contributed by atoms with Crippen molar-refractivity contribution in [3.63, 3.8) is 0 Å². The van der Waals surface area contributed by atoms with Crippen LogP contribution in [0.3, 0.4) is 0 Å². The zero-order valence-corrected chi connectivity index (χ0v) is 11.3. The number of hydrogen-bond acceptors (Lipinski definition) is 5. The largest absolute Gasteiger partial charge is 0.357 e. The van der Waals surface area contributed by atoms with Crippen LogP contribution in [0.2, 0.25) is 0 Å². The van der Waals surface area contributed by atoms with Gasteiger partial charge in [-0.15, -0.1) is 0 Å². The molecule has 0 aromatic carbocycles. The molecule has 1 aliphatic rings. The van der Waals surface area contributed by atoms with Crippen molar-refractivity contribution < 1.29 is 0 Å². The molecule has 1 fully saturated rings. The Morgan fingerprint density at radius 1 is 1.45 bits per heavy atom. The molecule has 0 saturated heterocycles. The van der Waals surface area contributed by atoms with Gasteiger partial charge in [-0.1, -0.05) is 12.8 Å². The van der Waals surface area contributed by atoms with Gasteiger partial charge in [0.2, 0.25) is 5.95 Å². The van der Waals surface area contributed by atoms with Crippen molar-refractivity contribution in [2.45, 2.75) is 31.7 Å². The van der Waals surface area contributed by atoms with Crippen molar-refractivity contribution in [1.29, 1.82) is 5.26 Å². The zero-order valence-electron chi connectivity index (χ0n) is 11.3. The average molecular weight is 269 g/mol. The summed E-state index contributed by atoms with van der Waals surface area (Å²) in [5.74, 6) is 0.480. The third kappa shape index (κ3) is 1.92. The van der Waals surface area contributed by atoms with E-state index in [1.807, 2.05) is 6.07 Å². The summed E-state index contributed by atoms with van der Waals surface area (Å²) in [6.07, 6.45) is 5.80. The van der Waals surface area contributed by atoms with E-state index in [1.54, 1.807) is 23.9 Å². The number of rotatable bonds is 2. The van der Waals surface area contributed by atoms with E-state index in [1.165, 1.54) is 0 Å². The highest BCUT2D eigenvalue weighted by Gasteiger charge is 2.22. The molecule has 6 nitrogen and oxygen atoms in total. The van der Waals surface area contributed by atoms with Crippen LogP contribution in [0, 0.1) is 11.3 Å². The van der Waals surface area contributed by atoms with Gasteiger partial charge in [0.1, 0.15) is 17.3 Å². The fourth-order valence-corrected chi connectivity index (χ4v) is 2.82. The maximum atomic E-state index is 12.5. The highest BCUT2D eigenvalue weighted by atomic mass is 16.1. The second kappa shape index (κ2) is 4.93. The molecule has 0 radical (unpaired) electrons. The molecule has 2 aromatic heterocycles. The molecule has 0 bridgehead atoms. The third-order valence-corrected chi connectivity index (χ3v) is 3.81. The van der Waals surface area contributed by atoms with Gasteiger partial charge in [-0.25, -0.2) is 4.98 Å². The molecule has 6 heteroatoms. The third-order valence-electron chi connectivity index (χ3n) is 3.81. The van der Waals surface area contributed by atoms with Gasteiger partial charge in [-0.3, -0.25) is 9.36 Å². The van der Waals surface area contributed by atoms with Crippen molar-refractivity contribution in [3.05, 3.63) is 28.2 Å². The van der Waals surface area contributed by atoms with Gasteiger partial charge in [-0.2, -0.15) is 10.2 Å². The summed E-state index contributed by atoms with van der Waals surface area (Å²) in [7, 11) is 1.74. The van der Waals surface area contributed by atoms with E-state index < -0.39 is 0 Å². The van der Waals surface area contributed by atoms with Crippen LogP contribution in [0.1, 0.15) is 37.3 Å². The van der Waals surface area contributed by atoms with Crippen LogP contribution in [0.4, 0.5) is 5.95 Å². The number of pyridine rings is 1. The Hall–Kier alpha value is -2.42. The van der Waals surface area contributed by atoms with Gasteiger partial charge in [0.25, 0.3) is 5.56 Å². The summed E-state index contributed by atoms with van der Waals surface area (Å²) < 4.78 is 1.68. The summed E-state index contributed by atoms with van der Waals surface area (Å²) in [4.78, 5) is 21.0. The molecule has 102 valence electrons. The van der Waals surface area contributed by atoms with Crippen LogP contribution < -0.4 is 10.9 Å². The molecule has 1 saturated carbocycles. The van der Waals surface area contributed by atoms with Crippen molar-refractivity contribution >= 4 is 17.0 Å². The van der Waals surface area contributed by atoms with Crippen LogP contribution in [0.15, 0.2) is 17.1 Å². The lowest BCUT2D eigenvalue weighted by Gasteiger charge is -2.16. The molecule has 0 aliphatic heterocycles. The minimum absolute atomic E-state index is 0.137. The number of fused-ring (bicyclic) bond motifs is 1. The minimum atomic E-state index is -0.243. The second-order valence-corrected chi connectivity index (χ2v) is 5.01. The Morgan fingerprint density at radius 3 is 2.85 bits per heavy atom. The minimum Gasteiger partial charge on any atom is -0.357 e. The molecule has 0 amide bonds. The van der Waals surface area contributed by atoms with Crippen molar-refractivity contribution in [2.24, 2.45) is 0 Å². The first kappa shape index (κ1) is 12.6. The highest BCUT2D eigenvalue weighted by molar-refractivity contribution is 5.76. The lowest BCUT2D eigenvalue weighted by atomic mass is 10.2. The van der Waals surface area contributed by atoms with Crippen LogP contribution in [-0.2, 0) is 0 Å². The van der Waals surface area contributed by atoms with E-state index in [0.717, 1.165) is 31.1 Å². The lowest BCUT2D eigenvalue weighted by Crippen LogP contribution is -2.26. The Morgan fingerprint density at radius 2 is 2.20 bits per heavy atom. The molecule has 0 unspecified atom stereocenters. The number of aromatic nitrogens is 3. The normalized spacial score (nSPS) is 15.4. The molecule has 3 rings (SSSR count). The second-order valence-electron chi connectivity index (χ2n) is 5.01. The van der Waals surface area contributed by atoms with Gasteiger partial charge in [-0.05, 0) is 18.9 Å². The van der Waals surface area contributed by atoms with Crippen LogP contribution in [-0.4, -0.2) is 21.6 Å². The summed E-state index contributed by atoms with van der Waals surface area (Å²) in [6.45, 7) is 0. The number of nitrogens with zero attached hydrogens (tertiary/aromatic N) is 4. The maximum Gasteiger partial charge on any atom is 0.270 e. The summed E-state index contributed by atoms with van der Waals surface area (Å²) >= 11 is 0. The maximum absolute atomic E-state index is 12.5. The molecule has 0 spiro atoms. The predicted octanol–water partition coefficient (Wildman–Crippen LogP) is 1.82. The van der Waals surface area contributed by atoms with Crippen LogP contribution in [0.5, 0.6) is 0 Å². The van der Waals surface area contributed by atoms with Crippen LogP contribution in [0.25, 0.3) is 11.0 Å². The van der Waals surface area contributed by atoms with E-state index in [-0.39, 0.29) is 17.2 Å². The summed E-state index contributed by atoms with van der Waals surface area (Å²) in [5.41, 5.74) is 0.526. The first-order chi connectivity index (χ1) is 9.74. The van der Waals surface area contributed by atoms with E-state index in [0.29, 0.717) is 11.6 Å². The smallest absolute Gasteiger partial charge is 0.270 e. The monoisotopic (exact) mass is 269 g/mol. The average Bonchev–Trinajstić information content (AvgIpc) is 2.99. The van der Waals surface area contributed by atoms with Crippen molar-refractivity contribution in [2.75, 3.05) is 12.4 Å². The van der Waals surface area contributed by atoms with Crippen molar-refractivity contribution in [3.8, 4) is 6.07 Å². The highest BCUT2D eigenvalue weighted by Crippen LogP contribution is 2.30. The molecule has 2 aromatic rings. The number of nitriles is 1. The first-order valence-corrected chi connectivity index (χ1v) is 6.74. The SMILES string of the molecule is CNc1ncc2cc(C#N)c(=O)n(C3CCCC3)c2n1. The van der Waals surface area contributed by atoms with Gasteiger partial charge in [0.05, 0.1) is 0 Å². The summed E-state index contributed by atoms with van der Waals surface area (Å²) in [5, 5.41) is 12.7. The lowest BCUT2D eigenvalue weighted by molar-refractivity contribution is 0.515. The van der Waals surface area contributed by atoms with Crippen molar-refractivity contribution in [1.82, 2.24) is 14.5 Å². The summed E-state index contributed by atoms with van der Waals surface area (Å²) in [6, 6.07) is 3.68. The van der Waals surface area contributed by atoms with Crippen LogP contribution >= 0.6 is 0 Å². The topological polar surface area (TPSA) is 83.6 Å². The van der Waals surface area contributed by atoms with E-state index >= 15 is 0 Å². The quantitative estimate of drug-likeness (QED) is 0.899. The van der Waals surface area contributed by atoms with Gasteiger partial charge in [0.15, 0.2) is 0 Å². The number of anilines is 1. The van der Waals surface area contributed by atoms with E-state index in [4.69, 9.17) is 5.26 Å². The van der Waals surface area contributed by atoms with Gasteiger partial charge < -0.3 is 5.32 Å². The molecule has 1 N–H and O–H groups in total. The number of hydrogen-bond donors (Lipinski definition) is 1. The fraction of sp³-hybridized carbons (Fsp3) is 0.429. The predicted molar refractivity (Wildman–Crippen MR) is 75.6 cm³/mol. The molecule has 2 heterocycles. The Labute approximate surface area is 116 Å². The first-order valence-electron chi connectivity index (χ1n) is 6.74. The molecule has 20 heavy (non-hydrogen) atoms. The Balaban J connectivity index is 2.34. The van der Waals surface area contributed by atoms with Gasteiger partial charge in [0, 0.05) is 24.7 Å². The molecule has 1 aliphatic carbocycles. The van der Waals surface area contributed by atoms with E-state index in [9.17, 15) is 4.79 Å². The number of nitrogens with one attached hydrogen (secondary N) is 1. The molecule has 0 atom stereocenters. The molecular formula is C14H15N5O. The Bertz CT molecular complexity index is 752. The van der Waals surface area contributed by atoms with Gasteiger partial charge >= 0.3 is 0 Å². The zero-order chi connectivity index (χ0) is 14.1. The van der Waals surface area contributed by atoms with E-state index in [2.05, 4.69) is 15.3 Å². The standard InChI is InChI=1S/C14H15N5O/c1-16-14-17-8-10-6-9(7-15)13(20)19(12(10)18-14)11-4-2-3-5-11/h6,8,11H,2-5H2,1H3,(H,16,17,18).